The van der Waals surface area contributed by atoms with E-state index < -0.39 is 0 Å². The molecule has 2 rings (SSSR count). The van der Waals surface area contributed by atoms with Gasteiger partial charge < -0.3 is 10.6 Å². The zero-order valence-electron chi connectivity index (χ0n) is 9.70. The van der Waals surface area contributed by atoms with Crippen molar-refractivity contribution in [3.63, 3.8) is 0 Å². The van der Waals surface area contributed by atoms with Crippen molar-refractivity contribution in [1.29, 1.82) is 0 Å². The lowest BCUT2D eigenvalue weighted by Crippen LogP contribution is -1.99. The van der Waals surface area contributed by atoms with Crippen LogP contribution in [0.2, 0.25) is 0 Å². The maximum atomic E-state index is 12.7. The third kappa shape index (κ3) is 3.21. The van der Waals surface area contributed by atoms with Crippen molar-refractivity contribution in [2.45, 2.75) is 6.54 Å². The van der Waals surface area contributed by atoms with Crippen molar-refractivity contribution >= 4 is 11.4 Å². The molecule has 3 heteroatoms. The van der Waals surface area contributed by atoms with E-state index in [2.05, 4.69) is 10.6 Å². The van der Waals surface area contributed by atoms with Gasteiger partial charge in [-0.05, 0) is 42.0 Å². The van der Waals surface area contributed by atoms with Crippen molar-refractivity contribution in [1.82, 2.24) is 0 Å². The van der Waals surface area contributed by atoms with E-state index >= 15 is 0 Å². The molecule has 0 spiro atoms. The predicted molar refractivity (Wildman–Crippen MR) is 69.7 cm³/mol. The molecule has 2 aromatic carbocycles. The Bertz CT molecular complexity index is 463. The summed E-state index contributed by atoms with van der Waals surface area (Å²) in [5, 5.41) is 6.35. The Balaban J connectivity index is 1.95. The minimum Gasteiger partial charge on any atom is -0.388 e. The Morgan fingerprint density at radius 1 is 0.882 bits per heavy atom. The van der Waals surface area contributed by atoms with E-state index in [1.807, 2.05) is 31.3 Å². The van der Waals surface area contributed by atoms with Gasteiger partial charge in [0.05, 0.1) is 0 Å². The lowest BCUT2D eigenvalue weighted by atomic mass is 10.2. The second kappa shape index (κ2) is 5.34. The topological polar surface area (TPSA) is 24.1 Å². The Morgan fingerprint density at radius 3 is 2.06 bits per heavy atom. The molecule has 0 saturated heterocycles. The van der Waals surface area contributed by atoms with Gasteiger partial charge >= 0.3 is 0 Å². The first-order valence-electron chi connectivity index (χ1n) is 5.54. The molecule has 0 aliphatic carbocycles. The molecule has 2 aromatic rings. The van der Waals surface area contributed by atoms with Crippen LogP contribution in [-0.2, 0) is 6.54 Å². The lowest BCUT2D eigenvalue weighted by Gasteiger charge is -2.07. The molecule has 0 unspecified atom stereocenters. The van der Waals surface area contributed by atoms with Crippen LogP contribution in [0.15, 0.2) is 48.5 Å². The first-order valence-corrected chi connectivity index (χ1v) is 5.54. The lowest BCUT2D eigenvalue weighted by molar-refractivity contribution is 0.627. The molecule has 0 amide bonds. The van der Waals surface area contributed by atoms with Gasteiger partial charge in [0.25, 0.3) is 0 Å². The van der Waals surface area contributed by atoms with E-state index in [1.54, 1.807) is 12.1 Å². The summed E-state index contributed by atoms with van der Waals surface area (Å²) in [6.07, 6.45) is 0. The average Bonchev–Trinajstić information content (AvgIpc) is 2.39. The molecular weight excluding hydrogens is 215 g/mol. The summed E-state index contributed by atoms with van der Waals surface area (Å²) in [7, 11) is 1.89. The molecule has 0 fully saturated rings. The number of anilines is 2. The molecular formula is C14H15FN2. The van der Waals surface area contributed by atoms with Gasteiger partial charge in [0.15, 0.2) is 0 Å². The molecule has 2 nitrogen and oxygen atoms in total. The van der Waals surface area contributed by atoms with E-state index in [0.29, 0.717) is 6.54 Å². The third-order valence-corrected chi connectivity index (χ3v) is 2.58. The van der Waals surface area contributed by atoms with Gasteiger partial charge in [-0.2, -0.15) is 0 Å². The number of hydrogen-bond donors (Lipinski definition) is 2. The minimum atomic E-state index is -0.202. The highest BCUT2D eigenvalue weighted by molar-refractivity contribution is 5.53. The monoisotopic (exact) mass is 230 g/mol. The fourth-order valence-corrected chi connectivity index (χ4v) is 1.56. The van der Waals surface area contributed by atoms with E-state index in [0.717, 1.165) is 16.9 Å². The van der Waals surface area contributed by atoms with Gasteiger partial charge in [0.1, 0.15) is 5.82 Å². The van der Waals surface area contributed by atoms with Crippen molar-refractivity contribution < 1.29 is 4.39 Å². The summed E-state index contributed by atoms with van der Waals surface area (Å²) in [4.78, 5) is 0. The molecule has 0 radical (unpaired) electrons. The maximum absolute atomic E-state index is 12.7. The number of benzene rings is 2. The van der Waals surface area contributed by atoms with Crippen LogP contribution in [0, 0.1) is 5.82 Å². The van der Waals surface area contributed by atoms with Gasteiger partial charge in [-0.3, -0.25) is 0 Å². The Labute approximate surface area is 100 Å². The van der Waals surface area contributed by atoms with Crippen molar-refractivity contribution in [3.8, 4) is 0 Å². The standard InChI is InChI=1S/C14H15FN2/c1-16-13-6-8-14(9-7-13)17-10-11-2-4-12(15)5-3-11/h2-9,16-17H,10H2,1H3. The smallest absolute Gasteiger partial charge is 0.123 e. The van der Waals surface area contributed by atoms with Crippen LogP contribution in [0.5, 0.6) is 0 Å². The average molecular weight is 230 g/mol. The van der Waals surface area contributed by atoms with E-state index in [1.165, 1.54) is 12.1 Å². The normalized spacial score (nSPS) is 10.0. The van der Waals surface area contributed by atoms with Crippen LogP contribution in [0.4, 0.5) is 15.8 Å². The van der Waals surface area contributed by atoms with Crippen LogP contribution in [0.25, 0.3) is 0 Å². The second-order valence-electron chi connectivity index (χ2n) is 3.81. The fourth-order valence-electron chi connectivity index (χ4n) is 1.56. The van der Waals surface area contributed by atoms with Gasteiger partial charge in [-0.15, -0.1) is 0 Å². The highest BCUT2D eigenvalue weighted by atomic mass is 19.1. The zero-order chi connectivity index (χ0) is 12.1. The second-order valence-corrected chi connectivity index (χ2v) is 3.81. The third-order valence-electron chi connectivity index (χ3n) is 2.58. The number of hydrogen-bond acceptors (Lipinski definition) is 2. The summed E-state index contributed by atoms with van der Waals surface area (Å²) in [6.45, 7) is 0.694. The number of nitrogens with one attached hydrogen (secondary N) is 2. The molecule has 0 aliphatic heterocycles. The molecule has 88 valence electrons. The van der Waals surface area contributed by atoms with Gasteiger partial charge in [-0.1, -0.05) is 12.1 Å². The molecule has 0 aromatic heterocycles. The molecule has 0 aliphatic rings. The van der Waals surface area contributed by atoms with E-state index in [4.69, 9.17) is 0 Å². The molecule has 0 atom stereocenters. The highest BCUT2D eigenvalue weighted by Crippen LogP contribution is 2.14. The summed E-state index contributed by atoms with van der Waals surface area (Å²) in [6, 6.07) is 14.5. The summed E-state index contributed by atoms with van der Waals surface area (Å²) < 4.78 is 12.7. The van der Waals surface area contributed by atoms with Crippen molar-refractivity contribution in [3.05, 3.63) is 59.9 Å². The largest absolute Gasteiger partial charge is 0.388 e. The minimum absolute atomic E-state index is 0.202. The molecule has 2 N–H and O–H groups in total. The molecule has 0 heterocycles. The van der Waals surface area contributed by atoms with Crippen LogP contribution < -0.4 is 10.6 Å². The molecule has 0 saturated carbocycles. The predicted octanol–water partition coefficient (Wildman–Crippen LogP) is 3.48. The first kappa shape index (κ1) is 11.5. The van der Waals surface area contributed by atoms with Gasteiger partial charge in [0, 0.05) is 25.0 Å². The molecule has 0 bridgehead atoms. The summed E-state index contributed by atoms with van der Waals surface area (Å²) >= 11 is 0. The van der Waals surface area contributed by atoms with Crippen LogP contribution in [0.3, 0.4) is 0 Å². The molecule has 17 heavy (non-hydrogen) atoms. The zero-order valence-corrected chi connectivity index (χ0v) is 9.70. The Kier molecular flexibility index (Phi) is 3.60. The van der Waals surface area contributed by atoms with Gasteiger partial charge in [-0.25, -0.2) is 4.39 Å². The number of halogens is 1. The van der Waals surface area contributed by atoms with Gasteiger partial charge in [0.2, 0.25) is 0 Å². The van der Waals surface area contributed by atoms with E-state index in [-0.39, 0.29) is 5.82 Å². The first-order chi connectivity index (χ1) is 8.28. The summed E-state index contributed by atoms with van der Waals surface area (Å²) in [5.74, 6) is -0.202. The van der Waals surface area contributed by atoms with Crippen LogP contribution >= 0.6 is 0 Å². The number of rotatable bonds is 4. The van der Waals surface area contributed by atoms with E-state index in [9.17, 15) is 4.39 Å². The maximum Gasteiger partial charge on any atom is 0.123 e. The Hall–Kier alpha value is -2.03. The highest BCUT2D eigenvalue weighted by Gasteiger charge is 1.95. The fraction of sp³-hybridized carbons (Fsp3) is 0.143. The quantitative estimate of drug-likeness (QED) is 0.840. The SMILES string of the molecule is CNc1ccc(NCc2ccc(F)cc2)cc1. The Morgan fingerprint density at radius 2 is 1.47 bits per heavy atom. The van der Waals surface area contributed by atoms with Crippen LogP contribution in [0.1, 0.15) is 5.56 Å². The van der Waals surface area contributed by atoms with Crippen molar-refractivity contribution in [2.24, 2.45) is 0 Å². The summed E-state index contributed by atoms with van der Waals surface area (Å²) in [5.41, 5.74) is 3.19. The van der Waals surface area contributed by atoms with Crippen molar-refractivity contribution in [2.75, 3.05) is 17.7 Å². The van der Waals surface area contributed by atoms with Crippen LogP contribution in [-0.4, -0.2) is 7.05 Å².